The van der Waals surface area contributed by atoms with Crippen molar-refractivity contribution in [1.82, 2.24) is 0 Å². The summed E-state index contributed by atoms with van der Waals surface area (Å²) in [6, 6.07) is 15.4. The van der Waals surface area contributed by atoms with Gasteiger partial charge in [0.15, 0.2) is 5.78 Å². The summed E-state index contributed by atoms with van der Waals surface area (Å²) in [6.45, 7) is 2.59. The molecule has 10 heteroatoms. The van der Waals surface area contributed by atoms with Gasteiger partial charge in [-0.05, 0) is 61.9 Å². The summed E-state index contributed by atoms with van der Waals surface area (Å²) < 4.78 is 33.7. The highest BCUT2D eigenvalue weighted by Crippen LogP contribution is 2.33. The molecular weight excluding hydrogens is 499 g/mol. The van der Waals surface area contributed by atoms with Crippen LogP contribution in [0, 0.1) is 6.92 Å². The van der Waals surface area contributed by atoms with Crippen molar-refractivity contribution in [2.75, 3.05) is 23.3 Å². The molecule has 34 heavy (non-hydrogen) atoms. The van der Waals surface area contributed by atoms with E-state index in [0.717, 1.165) is 4.31 Å². The minimum Gasteiger partial charge on any atom is -0.495 e. The summed E-state index contributed by atoms with van der Waals surface area (Å²) in [6.07, 6.45) is 0. The van der Waals surface area contributed by atoms with Crippen LogP contribution in [0.25, 0.3) is 0 Å². The molecule has 7 nitrogen and oxygen atoms in total. The number of amides is 1. The van der Waals surface area contributed by atoms with Gasteiger partial charge in [0, 0.05) is 11.3 Å². The Labute approximate surface area is 208 Å². The third kappa shape index (κ3) is 5.70. The van der Waals surface area contributed by atoms with Gasteiger partial charge in [-0.2, -0.15) is 0 Å². The van der Waals surface area contributed by atoms with E-state index < -0.39 is 22.5 Å². The lowest BCUT2D eigenvalue weighted by Gasteiger charge is -2.25. The van der Waals surface area contributed by atoms with Crippen molar-refractivity contribution in [3.05, 3.63) is 81.8 Å². The zero-order valence-corrected chi connectivity index (χ0v) is 21.0. The molecule has 0 unspecified atom stereocenters. The number of Topliss-reactive ketones (excluding diaryl/α,β-unsaturated/α-hetero) is 1. The zero-order chi connectivity index (χ0) is 25.0. The summed E-state index contributed by atoms with van der Waals surface area (Å²) in [7, 11) is -2.90. The van der Waals surface area contributed by atoms with E-state index in [1.165, 1.54) is 44.4 Å². The third-order valence-electron chi connectivity index (χ3n) is 4.92. The summed E-state index contributed by atoms with van der Waals surface area (Å²) in [5.74, 6) is -0.658. The maximum atomic E-state index is 13.7. The number of anilines is 2. The van der Waals surface area contributed by atoms with Gasteiger partial charge in [-0.3, -0.25) is 13.9 Å². The van der Waals surface area contributed by atoms with Gasteiger partial charge in [0.25, 0.3) is 10.0 Å². The van der Waals surface area contributed by atoms with E-state index >= 15 is 0 Å². The average Bonchev–Trinajstić information content (AvgIpc) is 2.79. The lowest BCUT2D eigenvalue weighted by Crippen LogP contribution is -2.38. The highest BCUT2D eigenvalue weighted by Gasteiger charge is 2.30. The molecule has 1 N–H and O–H groups in total. The first-order valence-electron chi connectivity index (χ1n) is 10.1. The molecule has 3 aromatic rings. The molecule has 0 aliphatic heterocycles. The molecule has 0 heterocycles. The number of nitrogens with zero attached hydrogens (tertiary/aromatic N) is 1. The second-order valence-corrected chi connectivity index (χ2v) is 10.1. The Balaban J connectivity index is 2.03. The fourth-order valence-corrected chi connectivity index (χ4v) is 5.15. The van der Waals surface area contributed by atoms with E-state index in [2.05, 4.69) is 5.32 Å². The lowest BCUT2D eigenvalue weighted by atomic mass is 10.1. The third-order valence-corrected chi connectivity index (χ3v) is 7.45. The maximum Gasteiger partial charge on any atom is 0.268 e. The number of ketones is 1. The first-order chi connectivity index (χ1) is 16.0. The molecule has 178 valence electrons. The number of hydrogen-bond acceptors (Lipinski definition) is 5. The Hall–Kier alpha value is -3.07. The number of aryl methyl sites for hydroxylation is 1. The van der Waals surface area contributed by atoms with E-state index in [0.29, 0.717) is 16.8 Å². The minimum atomic E-state index is -4.27. The molecule has 0 aliphatic carbocycles. The van der Waals surface area contributed by atoms with Crippen LogP contribution in [0.3, 0.4) is 0 Å². The first-order valence-corrected chi connectivity index (χ1v) is 12.3. The molecule has 3 aromatic carbocycles. The predicted molar refractivity (Wildman–Crippen MR) is 134 cm³/mol. The number of rotatable bonds is 8. The van der Waals surface area contributed by atoms with Crippen LogP contribution in [0.15, 0.2) is 65.6 Å². The quantitative estimate of drug-likeness (QED) is 0.404. The second-order valence-electron chi connectivity index (χ2n) is 7.45. The number of carbonyl (C=O) groups excluding carboxylic acids is 2. The van der Waals surface area contributed by atoms with Crippen molar-refractivity contribution in [2.24, 2.45) is 0 Å². The van der Waals surface area contributed by atoms with Crippen LogP contribution in [0.5, 0.6) is 5.75 Å². The van der Waals surface area contributed by atoms with Crippen LogP contribution in [0.4, 0.5) is 11.4 Å². The van der Waals surface area contributed by atoms with Crippen LogP contribution in [-0.2, 0) is 14.8 Å². The Morgan fingerprint density at radius 3 is 2.38 bits per heavy atom. The Kier molecular flexibility index (Phi) is 7.86. The molecular formula is C24H22Cl2N2O5S. The highest BCUT2D eigenvalue weighted by molar-refractivity contribution is 7.93. The first kappa shape index (κ1) is 25.6. The van der Waals surface area contributed by atoms with Gasteiger partial charge in [0.2, 0.25) is 5.91 Å². The number of halogens is 2. The van der Waals surface area contributed by atoms with Crippen LogP contribution < -0.4 is 14.4 Å². The van der Waals surface area contributed by atoms with Crippen molar-refractivity contribution < 1.29 is 22.7 Å². The molecule has 3 rings (SSSR count). The normalized spacial score (nSPS) is 11.1. The summed E-state index contributed by atoms with van der Waals surface area (Å²) in [5.41, 5.74) is 1.61. The van der Waals surface area contributed by atoms with Crippen molar-refractivity contribution in [3.8, 4) is 5.75 Å². The van der Waals surface area contributed by atoms with Gasteiger partial charge in [0.1, 0.15) is 17.2 Å². The van der Waals surface area contributed by atoms with Crippen LogP contribution in [0.2, 0.25) is 10.0 Å². The number of carbonyl (C=O) groups is 2. The topological polar surface area (TPSA) is 92.8 Å². The monoisotopic (exact) mass is 520 g/mol. The van der Waals surface area contributed by atoms with Gasteiger partial charge < -0.3 is 10.1 Å². The largest absolute Gasteiger partial charge is 0.495 e. The molecule has 1 amide bonds. The number of sulfonamides is 1. The number of hydrogen-bond donors (Lipinski definition) is 1. The molecule has 0 fully saturated rings. The number of benzene rings is 3. The fourth-order valence-electron chi connectivity index (χ4n) is 3.21. The molecule has 0 saturated carbocycles. The SMILES string of the molecule is COc1ccc(C)cc1S(=O)(=O)N(CC(=O)Nc1cccc(C(C)=O)c1)c1ccc(Cl)c(Cl)c1. The van der Waals surface area contributed by atoms with Crippen molar-refractivity contribution in [2.45, 2.75) is 18.7 Å². The Bertz CT molecular complexity index is 1360. The highest BCUT2D eigenvalue weighted by atomic mass is 35.5. The Morgan fingerprint density at radius 1 is 1.00 bits per heavy atom. The maximum absolute atomic E-state index is 13.7. The van der Waals surface area contributed by atoms with Crippen molar-refractivity contribution in [3.63, 3.8) is 0 Å². The molecule has 0 atom stereocenters. The molecule has 0 aliphatic rings. The molecule has 0 spiro atoms. The summed E-state index contributed by atoms with van der Waals surface area (Å²) in [4.78, 5) is 24.5. The van der Waals surface area contributed by atoms with E-state index in [1.807, 2.05) is 0 Å². The predicted octanol–water partition coefficient (Wildman–Crippen LogP) is 5.35. The van der Waals surface area contributed by atoms with Gasteiger partial charge in [-0.15, -0.1) is 0 Å². The molecule has 0 radical (unpaired) electrons. The number of ether oxygens (including phenoxy) is 1. The van der Waals surface area contributed by atoms with E-state index in [9.17, 15) is 18.0 Å². The second kappa shape index (κ2) is 10.5. The zero-order valence-electron chi connectivity index (χ0n) is 18.6. The van der Waals surface area contributed by atoms with Crippen LogP contribution >= 0.6 is 23.2 Å². The smallest absolute Gasteiger partial charge is 0.268 e. The lowest BCUT2D eigenvalue weighted by molar-refractivity contribution is -0.114. The van der Waals surface area contributed by atoms with Crippen LogP contribution in [-0.4, -0.2) is 33.8 Å². The van der Waals surface area contributed by atoms with Gasteiger partial charge in [0.05, 0.1) is 22.8 Å². The summed E-state index contributed by atoms with van der Waals surface area (Å²) in [5, 5.41) is 3.01. The summed E-state index contributed by atoms with van der Waals surface area (Å²) >= 11 is 12.2. The van der Waals surface area contributed by atoms with Gasteiger partial charge in [-0.25, -0.2) is 8.42 Å². The number of nitrogens with one attached hydrogen (secondary N) is 1. The minimum absolute atomic E-state index is 0.104. The van der Waals surface area contributed by atoms with Crippen LogP contribution in [0.1, 0.15) is 22.8 Å². The van der Waals surface area contributed by atoms with Gasteiger partial charge >= 0.3 is 0 Å². The standard InChI is InChI=1S/C24H22Cl2N2O5S/c1-15-7-10-22(33-3)23(11-15)34(31,32)28(19-8-9-20(25)21(26)13-19)14-24(30)27-18-6-4-5-17(12-18)16(2)29/h4-13H,14H2,1-3H3,(H,27,30). The molecule has 0 bridgehead atoms. The number of methoxy groups -OCH3 is 1. The Morgan fingerprint density at radius 2 is 1.74 bits per heavy atom. The average molecular weight is 521 g/mol. The molecule has 0 aromatic heterocycles. The van der Waals surface area contributed by atoms with Gasteiger partial charge in [-0.1, -0.05) is 41.4 Å². The molecule has 0 saturated heterocycles. The van der Waals surface area contributed by atoms with E-state index in [4.69, 9.17) is 27.9 Å². The van der Waals surface area contributed by atoms with E-state index in [1.54, 1.807) is 37.3 Å². The van der Waals surface area contributed by atoms with E-state index in [-0.39, 0.29) is 32.2 Å². The fraction of sp³-hybridized carbons (Fsp3) is 0.167. The van der Waals surface area contributed by atoms with Crippen molar-refractivity contribution >= 4 is 56.3 Å². The van der Waals surface area contributed by atoms with Crippen molar-refractivity contribution in [1.29, 1.82) is 0 Å².